The molecule has 0 saturated heterocycles. The van der Waals surface area contributed by atoms with Crippen LogP contribution in [0.25, 0.3) is 0 Å². The lowest BCUT2D eigenvalue weighted by Crippen LogP contribution is -2.37. The largest absolute Gasteiger partial charge is 0.328 e. The SMILES string of the molecule is NC1CCC(/C=N/C(=O)C23CC4CC(c5ccccc5)(CC2C4=C(F)F)C3)CC1. The molecule has 5 aliphatic carbocycles. The molecule has 5 fully saturated rings. The van der Waals surface area contributed by atoms with Crippen LogP contribution in [0.4, 0.5) is 8.78 Å². The van der Waals surface area contributed by atoms with Gasteiger partial charge in [0.15, 0.2) is 0 Å². The lowest BCUT2D eigenvalue weighted by Gasteiger charge is -2.40. The van der Waals surface area contributed by atoms with Crippen molar-refractivity contribution in [2.75, 3.05) is 0 Å². The standard InChI is InChI=1S/C24H28F2N2O/c25-21(26)20-16-10-23(17-4-2-1-3-5-17)12-19(20)24(11-16,14-23)22(29)28-13-15-6-8-18(27)9-7-15/h1-5,13,15-16,18-19H,6-12,14,27H2/b28-13+. The van der Waals surface area contributed by atoms with Gasteiger partial charge in [-0.15, -0.1) is 0 Å². The average molecular weight is 398 g/mol. The highest BCUT2D eigenvalue weighted by molar-refractivity contribution is 5.92. The highest BCUT2D eigenvalue weighted by Gasteiger charge is 2.70. The Labute approximate surface area is 170 Å². The van der Waals surface area contributed by atoms with Crippen molar-refractivity contribution in [2.45, 2.75) is 62.8 Å². The molecular weight excluding hydrogens is 370 g/mol. The van der Waals surface area contributed by atoms with Gasteiger partial charge in [-0.3, -0.25) is 4.79 Å². The smallest absolute Gasteiger partial charge is 0.270 e. The minimum absolute atomic E-state index is 0.170. The number of allylic oxidation sites excluding steroid dienone is 1. The fourth-order valence-corrected chi connectivity index (χ4v) is 6.97. The first-order valence-electron chi connectivity index (χ1n) is 10.9. The summed E-state index contributed by atoms with van der Waals surface area (Å²) in [6.45, 7) is 0. The van der Waals surface area contributed by atoms with Gasteiger partial charge < -0.3 is 5.73 Å². The topological polar surface area (TPSA) is 55.4 Å². The maximum atomic E-state index is 13.8. The third-order valence-corrected chi connectivity index (χ3v) is 8.23. The van der Waals surface area contributed by atoms with E-state index in [-0.39, 0.29) is 40.7 Å². The highest BCUT2D eigenvalue weighted by atomic mass is 19.3. The van der Waals surface area contributed by atoms with Crippen LogP contribution in [0.5, 0.6) is 0 Å². The number of halogens is 2. The van der Waals surface area contributed by atoms with Crippen molar-refractivity contribution >= 4 is 12.1 Å². The summed E-state index contributed by atoms with van der Waals surface area (Å²) in [7, 11) is 0. The highest BCUT2D eigenvalue weighted by Crippen LogP contribution is 2.73. The molecule has 0 heterocycles. The molecular formula is C24H28F2N2O. The van der Waals surface area contributed by atoms with Gasteiger partial charge in [-0.25, -0.2) is 4.99 Å². The van der Waals surface area contributed by atoms with E-state index in [1.165, 1.54) is 5.56 Å². The maximum Gasteiger partial charge on any atom is 0.270 e. The molecule has 0 spiro atoms. The maximum absolute atomic E-state index is 13.8. The number of benzene rings is 1. The number of hydrogen-bond donors (Lipinski definition) is 1. The third kappa shape index (κ3) is 2.92. The zero-order chi connectivity index (χ0) is 20.2. The van der Waals surface area contributed by atoms with Crippen LogP contribution < -0.4 is 5.73 Å². The van der Waals surface area contributed by atoms with Crippen LogP contribution >= 0.6 is 0 Å². The molecule has 1 aromatic rings. The molecule has 0 aliphatic heterocycles. The fourth-order valence-electron chi connectivity index (χ4n) is 6.97. The van der Waals surface area contributed by atoms with Gasteiger partial charge in [-0.05, 0) is 74.2 Å². The molecule has 1 aromatic carbocycles. The van der Waals surface area contributed by atoms with Gasteiger partial charge in [0.05, 0.1) is 5.41 Å². The number of carbonyl (C=O) groups is 1. The van der Waals surface area contributed by atoms with E-state index in [2.05, 4.69) is 17.1 Å². The van der Waals surface area contributed by atoms with Crippen LogP contribution in [-0.4, -0.2) is 18.2 Å². The van der Waals surface area contributed by atoms with Crippen LogP contribution in [0, 0.1) is 23.2 Å². The zero-order valence-electron chi connectivity index (χ0n) is 16.6. The second kappa shape index (κ2) is 6.83. The van der Waals surface area contributed by atoms with Crippen molar-refractivity contribution in [3.63, 3.8) is 0 Å². The summed E-state index contributed by atoms with van der Waals surface area (Å²) >= 11 is 0. The lowest BCUT2D eigenvalue weighted by molar-refractivity contribution is -0.129. The van der Waals surface area contributed by atoms with Gasteiger partial charge in [-0.1, -0.05) is 30.3 Å². The summed E-state index contributed by atoms with van der Waals surface area (Å²) in [4.78, 5) is 17.8. The lowest BCUT2D eigenvalue weighted by atomic mass is 9.63. The van der Waals surface area contributed by atoms with Gasteiger partial charge in [-0.2, -0.15) is 8.78 Å². The van der Waals surface area contributed by atoms with Crippen molar-refractivity contribution in [1.29, 1.82) is 0 Å². The number of amides is 1. The van der Waals surface area contributed by atoms with E-state index in [0.29, 0.717) is 19.3 Å². The molecule has 4 unspecified atom stereocenters. The summed E-state index contributed by atoms with van der Waals surface area (Å²) in [6.07, 6.45) is 6.59. The Hall–Kier alpha value is -1.88. The Kier molecular flexibility index (Phi) is 4.50. The van der Waals surface area contributed by atoms with Crippen LogP contribution in [0.15, 0.2) is 47.0 Å². The molecule has 154 valence electrons. The van der Waals surface area contributed by atoms with E-state index in [1.54, 1.807) is 6.21 Å². The molecule has 4 atom stereocenters. The Morgan fingerprint density at radius 2 is 1.79 bits per heavy atom. The second-order valence-electron chi connectivity index (χ2n) is 9.82. The second-order valence-corrected chi connectivity index (χ2v) is 9.82. The summed E-state index contributed by atoms with van der Waals surface area (Å²) in [6, 6.07) is 10.4. The van der Waals surface area contributed by atoms with Gasteiger partial charge >= 0.3 is 0 Å². The van der Waals surface area contributed by atoms with E-state index < -0.39 is 11.5 Å². The molecule has 2 N–H and O–H groups in total. The van der Waals surface area contributed by atoms with E-state index in [0.717, 1.165) is 32.1 Å². The van der Waals surface area contributed by atoms with Crippen LogP contribution in [-0.2, 0) is 10.2 Å². The molecule has 0 radical (unpaired) electrons. The minimum atomic E-state index is -1.57. The molecule has 5 heteroatoms. The summed E-state index contributed by atoms with van der Waals surface area (Å²) in [5.74, 6) is -0.450. The molecule has 0 aromatic heterocycles. The normalized spacial score (nSPS) is 40.7. The van der Waals surface area contributed by atoms with Crippen molar-refractivity contribution < 1.29 is 13.6 Å². The van der Waals surface area contributed by atoms with Gasteiger partial charge in [0.1, 0.15) is 0 Å². The predicted molar refractivity (Wildman–Crippen MR) is 109 cm³/mol. The number of nitrogens with two attached hydrogens (primary N) is 1. The average Bonchev–Trinajstić information content (AvgIpc) is 3.10. The van der Waals surface area contributed by atoms with Gasteiger partial charge in [0.2, 0.25) is 0 Å². The molecule has 5 saturated carbocycles. The minimum Gasteiger partial charge on any atom is -0.328 e. The Morgan fingerprint density at radius 1 is 1.07 bits per heavy atom. The number of hydrogen-bond acceptors (Lipinski definition) is 2. The first-order valence-corrected chi connectivity index (χ1v) is 10.9. The monoisotopic (exact) mass is 398 g/mol. The summed E-state index contributed by atoms with van der Waals surface area (Å²) in [5.41, 5.74) is 6.49. The fraction of sp³-hybridized carbons (Fsp3) is 0.583. The predicted octanol–water partition coefficient (Wildman–Crippen LogP) is 5.01. The molecule has 4 bridgehead atoms. The Bertz CT molecular complexity index is 870. The van der Waals surface area contributed by atoms with Crippen molar-refractivity contribution in [3.8, 4) is 0 Å². The van der Waals surface area contributed by atoms with Crippen LogP contribution in [0.3, 0.4) is 0 Å². The number of carbonyl (C=O) groups excluding carboxylic acids is 1. The Balaban J connectivity index is 1.46. The van der Waals surface area contributed by atoms with Crippen molar-refractivity contribution in [2.24, 2.45) is 33.9 Å². The molecule has 29 heavy (non-hydrogen) atoms. The molecule has 3 nitrogen and oxygen atoms in total. The van der Waals surface area contributed by atoms with E-state index >= 15 is 0 Å². The van der Waals surface area contributed by atoms with Gasteiger partial charge in [0.25, 0.3) is 12.0 Å². The van der Waals surface area contributed by atoms with Gasteiger partial charge in [0, 0.05) is 23.7 Å². The summed E-state index contributed by atoms with van der Waals surface area (Å²) < 4.78 is 27.7. The van der Waals surface area contributed by atoms with E-state index in [9.17, 15) is 13.6 Å². The van der Waals surface area contributed by atoms with E-state index in [4.69, 9.17) is 5.73 Å². The first-order chi connectivity index (χ1) is 13.9. The zero-order valence-corrected chi connectivity index (χ0v) is 16.6. The van der Waals surface area contributed by atoms with Crippen LogP contribution in [0.2, 0.25) is 0 Å². The number of rotatable bonds is 3. The van der Waals surface area contributed by atoms with Crippen LogP contribution in [0.1, 0.15) is 56.9 Å². The quantitative estimate of drug-likeness (QED) is 0.728. The third-order valence-electron chi connectivity index (χ3n) is 8.23. The molecule has 1 amide bonds. The van der Waals surface area contributed by atoms with Crippen molar-refractivity contribution in [3.05, 3.63) is 47.5 Å². The number of aliphatic imine (C=N–C) groups is 1. The van der Waals surface area contributed by atoms with Crippen molar-refractivity contribution in [1.82, 2.24) is 0 Å². The first kappa shape index (κ1) is 19.1. The van der Waals surface area contributed by atoms with E-state index in [1.807, 2.05) is 18.2 Å². The molecule has 6 rings (SSSR count). The Morgan fingerprint density at radius 3 is 2.48 bits per heavy atom. The summed E-state index contributed by atoms with van der Waals surface area (Å²) in [5, 5.41) is 0. The number of nitrogens with zero attached hydrogens (tertiary/aromatic N) is 1. The molecule has 5 aliphatic rings.